The Morgan fingerprint density at radius 3 is 2.69 bits per heavy atom. The Hall–Kier alpha value is -2.92. The highest BCUT2D eigenvalue weighted by atomic mass is 32.2. The fraction of sp³-hybridized carbons (Fsp3) is 0.417. The molecule has 186 valence electrons. The molecule has 35 heavy (non-hydrogen) atoms. The lowest BCUT2D eigenvalue weighted by Gasteiger charge is -2.12. The smallest absolute Gasteiger partial charge is 0.341 e. The summed E-state index contributed by atoms with van der Waals surface area (Å²) in [6, 6.07) is 5.76. The van der Waals surface area contributed by atoms with Crippen molar-refractivity contribution in [2.75, 3.05) is 17.7 Å². The highest BCUT2D eigenvalue weighted by Gasteiger charge is 2.27. The first-order valence-corrected chi connectivity index (χ1v) is 13.3. The number of thiophene rings is 1. The molecule has 4 rings (SSSR count). The first-order valence-electron chi connectivity index (χ1n) is 11.5. The molecule has 0 unspecified atom stereocenters. The third kappa shape index (κ3) is 6.02. The number of carbonyl (C=O) groups excluding carboxylic acids is 2. The molecule has 0 aliphatic heterocycles. The first kappa shape index (κ1) is 25.2. The van der Waals surface area contributed by atoms with Crippen molar-refractivity contribution in [1.29, 1.82) is 0 Å². The van der Waals surface area contributed by atoms with E-state index in [2.05, 4.69) is 15.5 Å². The summed E-state index contributed by atoms with van der Waals surface area (Å²) < 4.78 is 25.9. The Morgan fingerprint density at radius 1 is 1.17 bits per heavy atom. The Balaban J connectivity index is 1.39. The number of nitrogens with one attached hydrogen (secondary N) is 1. The van der Waals surface area contributed by atoms with E-state index in [9.17, 15) is 14.0 Å². The number of hydrogen-bond acceptors (Lipinski definition) is 8. The number of aryl methyl sites for hydroxylation is 1. The van der Waals surface area contributed by atoms with Gasteiger partial charge in [0.2, 0.25) is 5.91 Å². The van der Waals surface area contributed by atoms with Gasteiger partial charge in [0, 0.05) is 11.4 Å². The molecule has 0 atom stereocenters. The van der Waals surface area contributed by atoms with Gasteiger partial charge in [-0.3, -0.25) is 4.79 Å². The number of benzene rings is 1. The summed E-state index contributed by atoms with van der Waals surface area (Å²) >= 11 is 2.73. The van der Waals surface area contributed by atoms with Crippen LogP contribution in [-0.4, -0.2) is 39.0 Å². The van der Waals surface area contributed by atoms with Crippen LogP contribution in [0.3, 0.4) is 0 Å². The average molecular weight is 519 g/mol. The van der Waals surface area contributed by atoms with E-state index in [4.69, 9.17) is 9.47 Å². The first-order chi connectivity index (χ1) is 17.0. The summed E-state index contributed by atoms with van der Waals surface area (Å²) in [7, 11) is 0. The minimum absolute atomic E-state index is 0.113. The standard InChI is InChI=1S/C24H27FN4O4S2/c1-3-29-19(13-33-16-11-9-15(25)10-12-16)27-28-24(29)34-14-20(30)26-22-21(23(31)32-4-2)17-7-5-6-8-18(17)35-22/h9-12H,3-8,13-14H2,1-2H3,(H,26,30). The molecule has 2 aromatic heterocycles. The quantitative estimate of drug-likeness (QED) is 0.302. The molecule has 0 bridgehead atoms. The van der Waals surface area contributed by atoms with Crippen molar-refractivity contribution in [3.8, 4) is 5.75 Å². The van der Waals surface area contributed by atoms with Gasteiger partial charge in [0.25, 0.3) is 0 Å². The number of amides is 1. The number of carbonyl (C=O) groups is 2. The van der Waals surface area contributed by atoms with Crippen molar-refractivity contribution in [2.24, 2.45) is 0 Å². The van der Waals surface area contributed by atoms with Gasteiger partial charge in [0.15, 0.2) is 11.0 Å². The van der Waals surface area contributed by atoms with E-state index in [0.29, 0.717) is 33.8 Å². The number of hydrogen-bond donors (Lipinski definition) is 1. The molecular weight excluding hydrogens is 491 g/mol. The third-order valence-electron chi connectivity index (χ3n) is 5.53. The van der Waals surface area contributed by atoms with E-state index < -0.39 is 0 Å². The Bertz CT molecular complexity index is 1190. The number of anilines is 1. The molecule has 0 saturated carbocycles. The Labute approximate surface area is 211 Å². The lowest BCUT2D eigenvalue weighted by Crippen LogP contribution is -2.17. The maximum absolute atomic E-state index is 13.1. The molecule has 1 aliphatic carbocycles. The molecule has 3 aromatic rings. The molecule has 2 heterocycles. The number of halogens is 1. The fourth-order valence-electron chi connectivity index (χ4n) is 3.89. The predicted molar refractivity (Wildman–Crippen MR) is 133 cm³/mol. The van der Waals surface area contributed by atoms with Crippen molar-refractivity contribution in [3.63, 3.8) is 0 Å². The maximum atomic E-state index is 13.1. The van der Waals surface area contributed by atoms with Crippen LogP contribution >= 0.6 is 23.1 Å². The second-order valence-electron chi connectivity index (χ2n) is 7.86. The minimum atomic E-state index is -0.383. The summed E-state index contributed by atoms with van der Waals surface area (Å²) in [6.45, 7) is 4.78. The number of aromatic nitrogens is 3. The summed E-state index contributed by atoms with van der Waals surface area (Å²) in [4.78, 5) is 26.5. The number of thioether (sulfide) groups is 1. The molecule has 11 heteroatoms. The van der Waals surface area contributed by atoms with Gasteiger partial charge in [-0.1, -0.05) is 11.8 Å². The second-order valence-corrected chi connectivity index (χ2v) is 9.91. The van der Waals surface area contributed by atoms with E-state index >= 15 is 0 Å². The van der Waals surface area contributed by atoms with E-state index in [-0.39, 0.29) is 36.7 Å². The molecule has 1 amide bonds. The van der Waals surface area contributed by atoms with Crippen LogP contribution in [0.1, 0.15) is 53.3 Å². The van der Waals surface area contributed by atoms with Gasteiger partial charge < -0.3 is 19.4 Å². The van der Waals surface area contributed by atoms with Crippen molar-refractivity contribution in [3.05, 3.63) is 51.9 Å². The molecule has 1 N–H and O–H groups in total. The van der Waals surface area contributed by atoms with Crippen LogP contribution in [0, 0.1) is 5.82 Å². The highest BCUT2D eigenvalue weighted by molar-refractivity contribution is 7.99. The average Bonchev–Trinajstić information content (AvgIpc) is 3.42. The van der Waals surface area contributed by atoms with Crippen LogP contribution in [-0.2, 0) is 35.5 Å². The lowest BCUT2D eigenvalue weighted by atomic mass is 9.95. The van der Waals surface area contributed by atoms with Crippen LogP contribution in [0.2, 0.25) is 0 Å². The minimum Gasteiger partial charge on any atom is -0.486 e. The van der Waals surface area contributed by atoms with Crippen molar-refractivity contribution < 1.29 is 23.5 Å². The number of ether oxygens (including phenoxy) is 2. The van der Waals surface area contributed by atoms with Crippen LogP contribution in [0.25, 0.3) is 0 Å². The molecular formula is C24H27FN4O4S2. The van der Waals surface area contributed by atoms with E-state index in [1.165, 1.54) is 35.2 Å². The second kappa shape index (κ2) is 11.7. The Morgan fingerprint density at radius 2 is 1.94 bits per heavy atom. The zero-order valence-electron chi connectivity index (χ0n) is 19.6. The van der Waals surface area contributed by atoms with Gasteiger partial charge in [-0.2, -0.15) is 0 Å². The molecule has 0 fully saturated rings. The van der Waals surface area contributed by atoms with Crippen LogP contribution in [0.5, 0.6) is 5.75 Å². The Kier molecular flexibility index (Phi) is 8.40. The maximum Gasteiger partial charge on any atom is 0.341 e. The van der Waals surface area contributed by atoms with Gasteiger partial charge in [-0.25, -0.2) is 9.18 Å². The van der Waals surface area contributed by atoms with Crippen molar-refractivity contribution in [1.82, 2.24) is 14.8 Å². The summed E-state index contributed by atoms with van der Waals surface area (Å²) in [5, 5.41) is 12.5. The van der Waals surface area contributed by atoms with E-state index in [0.717, 1.165) is 36.1 Å². The molecule has 0 saturated heterocycles. The summed E-state index contributed by atoms with van der Waals surface area (Å²) in [5.74, 6) is 0.308. The van der Waals surface area contributed by atoms with Gasteiger partial charge in [0.05, 0.1) is 17.9 Å². The SMILES string of the molecule is CCOC(=O)c1c(NC(=O)CSc2nnc(COc3ccc(F)cc3)n2CC)sc2c1CCCC2. The number of fused-ring (bicyclic) bond motifs is 1. The number of rotatable bonds is 10. The third-order valence-corrected chi connectivity index (χ3v) is 7.70. The largest absolute Gasteiger partial charge is 0.486 e. The summed E-state index contributed by atoms with van der Waals surface area (Å²) in [6.07, 6.45) is 3.85. The predicted octanol–water partition coefficient (Wildman–Crippen LogP) is 4.86. The highest BCUT2D eigenvalue weighted by Crippen LogP contribution is 2.38. The normalized spacial score (nSPS) is 12.8. The number of esters is 1. The van der Waals surface area contributed by atoms with Gasteiger partial charge in [0.1, 0.15) is 23.2 Å². The number of nitrogens with zero attached hydrogens (tertiary/aromatic N) is 3. The van der Waals surface area contributed by atoms with Crippen LogP contribution in [0.4, 0.5) is 9.39 Å². The van der Waals surface area contributed by atoms with Crippen molar-refractivity contribution >= 4 is 40.0 Å². The van der Waals surface area contributed by atoms with E-state index in [1.807, 2.05) is 11.5 Å². The van der Waals surface area contributed by atoms with Gasteiger partial charge >= 0.3 is 5.97 Å². The topological polar surface area (TPSA) is 95.3 Å². The lowest BCUT2D eigenvalue weighted by molar-refractivity contribution is -0.113. The van der Waals surface area contributed by atoms with Crippen LogP contribution < -0.4 is 10.1 Å². The molecule has 1 aliphatic rings. The van der Waals surface area contributed by atoms with Crippen molar-refractivity contribution in [2.45, 2.75) is 57.8 Å². The molecule has 8 nitrogen and oxygen atoms in total. The van der Waals surface area contributed by atoms with Crippen LogP contribution in [0.15, 0.2) is 29.4 Å². The van der Waals surface area contributed by atoms with E-state index in [1.54, 1.807) is 19.1 Å². The molecule has 0 radical (unpaired) electrons. The zero-order valence-corrected chi connectivity index (χ0v) is 21.3. The van der Waals surface area contributed by atoms with Gasteiger partial charge in [-0.05, 0) is 69.4 Å². The zero-order chi connectivity index (χ0) is 24.8. The summed E-state index contributed by atoms with van der Waals surface area (Å²) in [5.41, 5.74) is 1.51. The monoisotopic (exact) mass is 518 g/mol. The molecule has 1 aromatic carbocycles. The molecule has 0 spiro atoms. The fourth-order valence-corrected chi connectivity index (χ4v) is 6.01. The van der Waals surface area contributed by atoms with Gasteiger partial charge in [-0.15, -0.1) is 21.5 Å².